The lowest BCUT2D eigenvalue weighted by Gasteiger charge is -2.34. The molecule has 30 heteroatoms. The number of rotatable bonds is 6. The minimum atomic E-state index is -4.91. The van der Waals surface area contributed by atoms with Crippen molar-refractivity contribution in [2.75, 3.05) is 77.2 Å². The number of carbonyl (C=O) groups excluding carboxylic acids is 4. The number of piperazine rings is 2. The Kier molecular flexibility index (Phi) is 17.5. The number of urea groups is 2. The van der Waals surface area contributed by atoms with E-state index in [0.29, 0.717) is 74.2 Å². The van der Waals surface area contributed by atoms with E-state index in [1.165, 1.54) is 48.0 Å². The number of alkyl halides is 6. The van der Waals surface area contributed by atoms with E-state index in [2.05, 4.69) is 45.9 Å². The van der Waals surface area contributed by atoms with Crippen LogP contribution in [0.4, 0.5) is 55.0 Å². The number of benzene rings is 2. The van der Waals surface area contributed by atoms with Crippen LogP contribution in [0.25, 0.3) is 20.7 Å². The predicted molar refractivity (Wildman–Crippen MR) is 234 cm³/mol. The molecule has 6 heterocycles. The smallest absolute Gasteiger partial charge is 0.419 e. The summed E-state index contributed by atoms with van der Waals surface area (Å²) in [5.41, 5.74) is -2.68. The van der Waals surface area contributed by atoms with E-state index in [4.69, 9.17) is 21.1 Å². The molecule has 18 nitrogen and oxygen atoms in total. The fourth-order valence-corrected chi connectivity index (χ4v) is 7.81. The van der Waals surface area contributed by atoms with Gasteiger partial charge in [-0.1, -0.05) is 22.7 Å². The van der Waals surface area contributed by atoms with Gasteiger partial charge in [0.2, 0.25) is 11.8 Å². The summed E-state index contributed by atoms with van der Waals surface area (Å²) in [5.74, 6) is -2.86. The first kappa shape index (κ1) is 52.6. The molecule has 0 bridgehead atoms. The van der Waals surface area contributed by atoms with Crippen molar-refractivity contribution in [1.82, 2.24) is 49.9 Å². The Morgan fingerprint density at radius 3 is 1.49 bits per heavy atom. The summed E-state index contributed by atoms with van der Waals surface area (Å²) in [4.78, 5) is 78.2. The number of anilines is 2. The fraction of sp³-hybridized carbons (Fsp3) is 0.316. The summed E-state index contributed by atoms with van der Waals surface area (Å²) in [7, 11) is 2.97. The van der Waals surface area contributed by atoms with Crippen LogP contribution in [0, 0.1) is 11.6 Å². The minimum absolute atomic E-state index is 0. The molecule has 6 aromatic rings. The Morgan fingerprint density at radius 1 is 0.647 bits per heavy atom. The first-order chi connectivity index (χ1) is 31.8. The van der Waals surface area contributed by atoms with Gasteiger partial charge >= 0.3 is 24.4 Å². The van der Waals surface area contributed by atoms with Gasteiger partial charge in [0.1, 0.15) is 24.3 Å². The quantitative estimate of drug-likeness (QED) is 0.110. The van der Waals surface area contributed by atoms with Crippen LogP contribution in [0.2, 0.25) is 0 Å². The highest BCUT2D eigenvalue weighted by Crippen LogP contribution is 2.34. The monoisotopic (exact) mass is 1040 g/mol. The van der Waals surface area contributed by atoms with Crippen molar-refractivity contribution in [1.29, 1.82) is 0 Å². The normalized spacial score (nSPS) is 13.9. The van der Waals surface area contributed by atoms with Crippen LogP contribution in [0.15, 0.2) is 49.1 Å². The van der Waals surface area contributed by atoms with Gasteiger partial charge < -0.3 is 29.5 Å². The highest BCUT2D eigenvalue weighted by atomic mass is 35.5. The Balaban J connectivity index is 0.000000210. The molecule has 2 fully saturated rings. The number of halogens is 10. The minimum Gasteiger partial charge on any atom is -0.479 e. The van der Waals surface area contributed by atoms with E-state index >= 15 is 0 Å². The number of thiazole rings is 2. The van der Waals surface area contributed by atoms with Crippen molar-refractivity contribution in [3.05, 3.63) is 82.9 Å². The molecule has 0 saturated carbocycles. The molecule has 0 unspecified atom stereocenters. The number of amides is 5. The van der Waals surface area contributed by atoms with Crippen LogP contribution in [-0.4, -0.2) is 134 Å². The van der Waals surface area contributed by atoms with Crippen molar-refractivity contribution in [2.24, 2.45) is 0 Å². The molecule has 2 aliphatic heterocycles. The molecule has 364 valence electrons. The van der Waals surface area contributed by atoms with Crippen LogP contribution >= 0.6 is 46.7 Å². The summed E-state index contributed by atoms with van der Waals surface area (Å²) in [6, 6.07) is 3.36. The summed E-state index contributed by atoms with van der Waals surface area (Å²) in [6.07, 6.45) is -7.00. The van der Waals surface area contributed by atoms with E-state index in [9.17, 15) is 54.3 Å². The van der Waals surface area contributed by atoms with Crippen LogP contribution in [0.1, 0.15) is 31.8 Å². The van der Waals surface area contributed by atoms with Gasteiger partial charge in [0, 0.05) is 63.5 Å². The lowest BCUT2D eigenvalue weighted by atomic mass is 10.1. The molecule has 2 saturated heterocycles. The van der Waals surface area contributed by atoms with Gasteiger partial charge in [-0.2, -0.15) is 36.3 Å². The standard InChI is InChI=1S/C19H16F4N6O3S.C11H14N6O2S.C8H3ClF4O.ClH/c1-32-14-13-15(25-9-24-14)33-17(26-13)27-18(31)29-6-4-28(5-7-29)16(30)10-2-3-12(20)11(8-10)19(21,22)23;1-19-8-7-9(14-6-13-8)20-10(15-7)16-11(18)17-4-2-12-3-5-17;9-7(14)4-1-2-6(10)5(3-4)8(11,12)13;/h2-3,8-9H,4-7H2,1H3,(H,26,27,31);6,12H,2-5H2,1H3,(H,15,16,18);1-3H;1H. The number of nitrogens with zero attached hydrogens (tertiary/aromatic N) is 9. The van der Waals surface area contributed by atoms with Crippen molar-refractivity contribution >= 4 is 101 Å². The van der Waals surface area contributed by atoms with E-state index in [-0.39, 0.29) is 61.6 Å². The molecule has 3 N–H and O–H groups in total. The van der Waals surface area contributed by atoms with Gasteiger partial charge in [-0.3, -0.25) is 20.2 Å². The van der Waals surface area contributed by atoms with E-state index < -0.39 is 52.3 Å². The predicted octanol–water partition coefficient (Wildman–Crippen LogP) is 7.42. The molecule has 5 amide bonds. The van der Waals surface area contributed by atoms with Crippen molar-refractivity contribution in [3.8, 4) is 11.8 Å². The summed E-state index contributed by atoms with van der Waals surface area (Å²) in [5, 5.41) is 8.39. The highest BCUT2D eigenvalue weighted by molar-refractivity contribution is 7.22. The molecule has 68 heavy (non-hydrogen) atoms. The number of nitrogens with one attached hydrogen (secondary N) is 3. The molecule has 0 radical (unpaired) electrons. The largest absolute Gasteiger partial charge is 0.479 e. The average Bonchev–Trinajstić information content (AvgIpc) is 3.92. The Hall–Kier alpha value is -6.36. The molecule has 8 rings (SSSR count). The zero-order valence-electron chi connectivity index (χ0n) is 34.9. The van der Waals surface area contributed by atoms with Crippen LogP contribution in [-0.2, 0) is 12.4 Å². The van der Waals surface area contributed by atoms with Gasteiger partial charge in [0.25, 0.3) is 11.1 Å². The fourth-order valence-electron chi connectivity index (χ4n) is 6.12. The van der Waals surface area contributed by atoms with Crippen molar-refractivity contribution in [3.63, 3.8) is 0 Å². The molecule has 0 spiro atoms. The summed E-state index contributed by atoms with van der Waals surface area (Å²) in [6.45, 7) is 3.52. The third-order valence-electron chi connectivity index (χ3n) is 9.41. The highest BCUT2D eigenvalue weighted by Gasteiger charge is 2.36. The molecular formula is C38H34Cl2F8N12O6S2. The molecule has 2 aromatic carbocycles. The van der Waals surface area contributed by atoms with Crippen LogP contribution < -0.4 is 25.4 Å². The number of methoxy groups -OCH3 is 2. The number of hydrogen-bond acceptors (Lipinski definition) is 15. The first-order valence-corrected chi connectivity index (χ1v) is 21.1. The second kappa shape index (κ2) is 22.6. The molecule has 0 atom stereocenters. The lowest BCUT2D eigenvalue weighted by Crippen LogP contribution is -2.51. The van der Waals surface area contributed by atoms with Gasteiger partial charge in [0.05, 0.1) is 25.3 Å². The van der Waals surface area contributed by atoms with Crippen LogP contribution in [0.3, 0.4) is 0 Å². The third kappa shape index (κ3) is 13.0. The Morgan fingerprint density at radius 2 is 1.06 bits per heavy atom. The van der Waals surface area contributed by atoms with E-state index in [1.54, 1.807) is 4.90 Å². The molecule has 4 aromatic heterocycles. The van der Waals surface area contributed by atoms with Crippen molar-refractivity contribution in [2.45, 2.75) is 12.4 Å². The average molecular weight is 1040 g/mol. The summed E-state index contributed by atoms with van der Waals surface area (Å²) < 4.78 is 111. The second-order valence-electron chi connectivity index (χ2n) is 13.6. The topological polar surface area (TPSA) is 210 Å². The number of ether oxygens (including phenoxy) is 2. The zero-order chi connectivity index (χ0) is 48.6. The van der Waals surface area contributed by atoms with E-state index in [0.717, 1.165) is 36.6 Å². The Bertz CT molecular complexity index is 2770. The third-order valence-corrected chi connectivity index (χ3v) is 11.4. The molecular weight excluding hydrogens is 1010 g/mol. The maximum atomic E-state index is 13.5. The maximum absolute atomic E-state index is 13.5. The molecule has 0 aliphatic carbocycles. The second-order valence-corrected chi connectivity index (χ2v) is 15.9. The van der Waals surface area contributed by atoms with Crippen LogP contribution in [0.5, 0.6) is 11.8 Å². The maximum Gasteiger partial charge on any atom is 0.419 e. The Labute approximate surface area is 397 Å². The summed E-state index contributed by atoms with van der Waals surface area (Å²) >= 11 is 7.39. The van der Waals surface area contributed by atoms with E-state index in [1.807, 2.05) is 0 Å². The molecule has 2 aliphatic rings. The number of carbonyl (C=O) groups is 4. The number of aromatic nitrogens is 6. The van der Waals surface area contributed by atoms with Gasteiger partial charge in [0.15, 0.2) is 31.0 Å². The van der Waals surface area contributed by atoms with Crippen molar-refractivity contribution < 1.29 is 63.8 Å². The first-order valence-electron chi connectivity index (χ1n) is 19.1. The van der Waals surface area contributed by atoms with Gasteiger partial charge in [-0.05, 0) is 48.0 Å². The lowest BCUT2D eigenvalue weighted by molar-refractivity contribution is -0.140. The number of fused-ring (bicyclic) bond motifs is 2. The van der Waals surface area contributed by atoms with Gasteiger partial charge in [-0.15, -0.1) is 12.4 Å². The zero-order valence-corrected chi connectivity index (χ0v) is 38.1. The van der Waals surface area contributed by atoms with Gasteiger partial charge in [-0.25, -0.2) is 38.3 Å². The number of hydrogen-bond donors (Lipinski definition) is 3. The SMILES string of the molecule is COc1ncnc2sc(NC(=O)N3CCN(C(=O)c4ccc(F)c(C(F)(F)F)c4)CC3)nc12.COc1ncnc2sc(NC(=O)N3CCNCC3)nc12.Cl.O=C(Cl)c1ccc(F)c(C(F)(F)F)c1.